The molecule has 0 saturated carbocycles. The standard InChI is InChI=1S/C41H61N3O7S3/c1-25(21-29-24-52-28(4)43-29)30-22-32-41(11,51-32)17-14-16-38(5,6)26(2)35(50-37(48)49-19-20-53-54-34-15-12-13-18-42-34)27(3)39(7,8)36(47)40(9,10)31(45)23-33(46)44-30/h12-13,15,18,21,24,26-27,30-32,35,45H,14,16-17,19-20,22-23H2,1-11H3,(H,44,46)/b25-21+/t26-,27-,30+,31+,32+,35+,41-/m1/s1. The number of rotatable bonds is 8. The van der Waals surface area contributed by atoms with Crippen molar-refractivity contribution in [3.8, 4) is 0 Å². The topological polar surface area (TPSA) is 140 Å². The molecular formula is C41H61N3O7S3. The van der Waals surface area contributed by atoms with Gasteiger partial charge in [0.15, 0.2) is 0 Å². The van der Waals surface area contributed by atoms with Crippen molar-refractivity contribution >= 4 is 56.8 Å². The van der Waals surface area contributed by atoms with Crippen molar-refractivity contribution in [2.24, 2.45) is 28.1 Å². The van der Waals surface area contributed by atoms with Crippen LogP contribution in [0.2, 0.25) is 0 Å². The third-order valence-electron chi connectivity index (χ3n) is 12.0. The van der Waals surface area contributed by atoms with Crippen LogP contribution in [-0.2, 0) is 23.8 Å². The Balaban J connectivity index is 1.56. The quantitative estimate of drug-likeness (QED) is 0.114. The Morgan fingerprint density at radius 1 is 1.09 bits per heavy atom. The number of hydrogen-bond acceptors (Lipinski definition) is 12. The van der Waals surface area contributed by atoms with Gasteiger partial charge in [0.05, 0.1) is 46.4 Å². The maximum Gasteiger partial charge on any atom is 0.508 e. The highest BCUT2D eigenvalue weighted by Gasteiger charge is 2.54. The molecule has 0 spiro atoms. The number of nitrogens with one attached hydrogen (secondary N) is 1. The minimum atomic E-state index is -1.29. The summed E-state index contributed by atoms with van der Waals surface area (Å²) in [6, 6.07) is 5.38. The van der Waals surface area contributed by atoms with Gasteiger partial charge in [0.2, 0.25) is 5.91 Å². The van der Waals surface area contributed by atoms with Crippen LogP contribution in [0.25, 0.3) is 6.08 Å². The van der Waals surface area contributed by atoms with Gasteiger partial charge in [-0.15, -0.1) is 11.3 Å². The molecule has 2 aliphatic heterocycles. The number of ketones is 1. The maximum atomic E-state index is 14.5. The number of nitrogens with zero attached hydrogens (tertiary/aromatic N) is 2. The fraction of sp³-hybridized carbons (Fsp3) is 0.683. The molecule has 300 valence electrons. The van der Waals surface area contributed by atoms with Crippen LogP contribution in [0.1, 0.15) is 112 Å². The molecule has 2 fully saturated rings. The number of aliphatic hydroxyl groups is 1. The zero-order valence-electron chi connectivity index (χ0n) is 33.9. The fourth-order valence-electron chi connectivity index (χ4n) is 7.45. The lowest BCUT2D eigenvalue weighted by Crippen LogP contribution is -2.53. The van der Waals surface area contributed by atoms with Gasteiger partial charge in [-0.05, 0) is 85.9 Å². The normalized spacial score (nSPS) is 30.6. The van der Waals surface area contributed by atoms with Gasteiger partial charge >= 0.3 is 6.16 Å². The van der Waals surface area contributed by atoms with Crippen LogP contribution in [0.4, 0.5) is 4.79 Å². The SMILES string of the molecule is C/C(=C\c1csc(C)n1)[C@@H]1C[C@@H]2O[C@]2(C)CCCC(C)(C)[C@H](C)[C@H](OC(=O)OCCSSc2ccccn2)[C@@H](C)C(C)(C)C(=O)C(C)(C)[C@@H](O)CC(=O)N1. The van der Waals surface area contributed by atoms with E-state index >= 15 is 0 Å². The number of aryl methyl sites for hydroxylation is 1. The average molecular weight is 804 g/mol. The van der Waals surface area contributed by atoms with Crippen molar-refractivity contribution in [2.45, 2.75) is 143 Å². The Bertz CT molecular complexity index is 1630. The molecule has 13 heteroatoms. The Kier molecular flexibility index (Phi) is 14.9. The average Bonchev–Trinajstić information content (AvgIpc) is 3.55. The highest BCUT2D eigenvalue weighted by Crippen LogP contribution is 2.48. The van der Waals surface area contributed by atoms with E-state index in [-0.39, 0.29) is 53.8 Å². The molecule has 4 rings (SSSR count). The first-order chi connectivity index (χ1) is 25.2. The highest BCUT2D eigenvalue weighted by molar-refractivity contribution is 8.76. The fourth-order valence-corrected chi connectivity index (χ4v) is 9.73. The van der Waals surface area contributed by atoms with Gasteiger partial charge < -0.3 is 24.6 Å². The van der Waals surface area contributed by atoms with Crippen molar-refractivity contribution in [3.05, 3.63) is 46.1 Å². The lowest BCUT2D eigenvalue weighted by atomic mass is 9.60. The lowest BCUT2D eigenvalue weighted by molar-refractivity contribution is -0.151. The Morgan fingerprint density at radius 2 is 1.81 bits per heavy atom. The van der Waals surface area contributed by atoms with Crippen LogP contribution < -0.4 is 5.32 Å². The number of carbonyl (C=O) groups is 3. The van der Waals surface area contributed by atoms with E-state index in [2.05, 4.69) is 43.0 Å². The van der Waals surface area contributed by atoms with E-state index < -0.39 is 35.1 Å². The van der Waals surface area contributed by atoms with Crippen LogP contribution in [0, 0.1) is 35.0 Å². The first-order valence-electron chi connectivity index (χ1n) is 19.0. The van der Waals surface area contributed by atoms with Crippen molar-refractivity contribution < 1.29 is 33.7 Å². The summed E-state index contributed by atoms with van der Waals surface area (Å²) in [5, 5.41) is 18.6. The summed E-state index contributed by atoms with van der Waals surface area (Å²) < 4.78 is 18.1. The first-order valence-corrected chi connectivity index (χ1v) is 22.2. The Labute approximate surface area is 334 Å². The second-order valence-electron chi connectivity index (χ2n) is 17.1. The van der Waals surface area contributed by atoms with Gasteiger partial charge in [-0.25, -0.2) is 14.8 Å². The third kappa shape index (κ3) is 11.3. The molecule has 4 heterocycles. The number of ether oxygens (including phenoxy) is 3. The van der Waals surface area contributed by atoms with Crippen LogP contribution in [0.3, 0.4) is 0 Å². The molecule has 1 amide bonds. The molecule has 2 N–H and O–H groups in total. The minimum Gasteiger partial charge on any atom is -0.433 e. The van der Waals surface area contributed by atoms with Crippen molar-refractivity contribution in [3.63, 3.8) is 0 Å². The third-order valence-corrected chi connectivity index (χ3v) is 15.0. The number of epoxide rings is 1. The first kappa shape index (κ1) is 44.3. The number of pyridine rings is 1. The summed E-state index contributed by atoms with van der Waals surface area (Å²) in [4.78, 5) is 50.3. The predicted octanol–water partition coefficient (Wildman–Crippen LogP) is 9.10. The van der Waals surface area contributed by atoms with Crippen LogP contribution in [-0.4, -0.2) is 75.2 Å². The van der Waals surface area contributed by atoms with Crippen LogP contribution in [0.5, 0.6) is 0 Å². The molecule has 0 unspecified atom stereocenters. The molecule has 2 saturated heterocycles. The number of carbonyl (C=O) groups excluding carboxylic acids is 3. The van der Waals surface area contributed by atoms with Gasteiger partial charge in [0.1, 0.15) is 23.5 Å². The van der Waals surface area contributed by atoms with E-state index in [4.69, 9.17) is 14.2 Å². The molecule has 0 bridgehead atoms. The highest BCUT2D eigenvalue weighted by atomic mass is 33.1. The summed E-state index contributed by atoms with van der Waals surface area (Å²) in [5.41, 5.74) is -1.16. The second kappa shape index (κ2) is 18.2. The number of aromatic nitrogens is 2. The molecule has 54 heavy (non-hydrogen) atoms. The van der Waals surface area contributed by atoms with Crippen molar-refractivity contribution in [2.75, 3.05) is 12.4 Å². The number of fused-ring (bicyclic) bond motifs is 1. The summed E-state index contributed by atoms with van der Waals surface area (Å²) in [6.07, 6.45) is 3.84. The second-order valence-corrected chi connectivity index (χ2v) is 20.6. The molecule has 7 atom stereocenters. The monoisotopic (exact) mass is 803 g/mol. The van der Waals surface area contributed by atoms with E-state index in [0.29, 0.717) is 12.2 Å². The van der Waals surface area contributed by atoms with Crippen LogP contribution in [0.15, 0.2) is 40.4 Å². The number of amides is 1. The smallest absolute Gasteiger partial charge is 0.433 e. The number of Topliss-reactive ketones (excluding diaryl/α,β-unsaturated/α-hetero) is 1. The van der Waals surface area contributed by atoms with Gasteiger partial charge in [0, 0.05) is 35.1 Å². The van der Waals surface area contributed by atoms with Crippen LogP contribution >= 0.6 is 32.9 Å². The predicted molar refractivity (Wildman–Crippen MR) is 218 cm³/mol. The van der Waals surface area contributed by atoms with Gasteiger partial charge in [-0.2, -0.15) is 0 Å². The minimum absolute atomic E-state index is 0.0575. The molecule has 0 radical (unpaired) electrons. The number of hydrogen-bond donors (Lipinski definition) is 2. The summed E-state index contributed by atoms with van der Waals surface area (Å²) >= 11 is 1.57. The largest absolute Gasteiger partial charge is 0.508 e. The molecule has 10 nitrogen and oxygen atoms in total. The summed E-state index contributed by atoms with van der Waals surface area (Å²) in [7, 11) is 3.05. The van der Waals surface area contributed by atoms with E-state index in [9.17, 15) is 19.5 Å². The molecule has 0 aliphatic carbocycles. The van der Waals surface area contributed by atoms with Gasteiger partial charge in [-0.3, -0.25) is 9.59 Å². The van der Waals surface area contributed by atoms with E-state index in [1.165, 1.54) is 21.6 Å². The van der Waals surface area contributed by atoms with Crippen molar-refractivity contribution in [1.82, 2.24) is 15.3 Å². The zero-order chi connectivity index (χ0) is 40.1. The van der Waals surface area contributed by atoms with Gasteiger partial charge in [0.25, 0.3) is 0 Å². The Morgan fingerprint density at radius 3 is 2.46 bits per heavy atom. The number of aliphatic hydroxyl groups excluding tert-OH is 1. The molecule has 2 aliphatic rings. The molecule has 2 aromatic rings. The molecule has 0 aromatic carbocycles. The number of thiazole rings is 1. The Hall–Kier alpha value is -2.45. The summed E-state index contributed by atoms with van der Waals surface area (Å²) in [6.45, 7) is 21.7. The van der Waals surface area contributed by atoms with E-state index in [0.717, 1.165) is 40.6 Å². The summed E-state index contributed by atoms with van der Waals surface area (Å²) in [5.74, 6) is -0.631. The lowest BCUT2D eigenvalue weighted by Gasteiger charge is -2.46. The van der Waals surface area contributed by atoms with E-state index in [1.807, 2.05) is 64.3 Å². The van der Waals surface area contributed by atoms with Crippen molar-refractivity contribution in [1.29, 1.82) is 0 Å². The maximum absolute atomic E-state index is 14.5. The molecular weight excluding hydrogens is 743 g/mol. The molecule has 2 aromatic heterocycles. The van der Waals surface area contributed by atoms with Gasteiger partial charge in [-0.1, -0.05) is 72.3 Å². The van der Waals surface area contributed by atoms with E-state index in [1.54, 1.807) is 31.4 Å². The zero-order valence-corrected chi connectivity index (χ0v) is 36.3.